The molecule has 1 atom stereocenters. The van der Waals surface area contributed by atoms with Crippen molar-refractivity contribution in [1.82, 2.24) is 0 Å². The molecule has 0 saturated carbocycles. The van der Waals surface area contributed by atoms with E-state index >= 15 is 0 Å². The number of ether oxygens (including phenoxy) is 3. The number of hydrogen-bond acceptors (Lipinski definition) is 6. The second kappa shape index (κ2) is 69.1. The van der Waals surface area contributed by atoms with Gasteiger partial charge in [-0.15, -0.1) is 0 Å². The molecule has 0 radical (unpaired) electrons. The monoisotopic (exact) mass is 1130 g/mol. The Morgan fingerprint density at radius 3 is 0.765 bits per heavy atom. The maximum absolute atomic E-state index is 12.9. The first-order chi connectivity index (χ1) is 40.0. The fourth-order valence-electron chi connectivity index (χ4n) is 10.2. The third kappa shape index (κ3) is 67.3. The first-order valence-corrected chi connectivity index (χ1v) is 35.1. The van der Waals surface area contributed by atoms with Crippen molar-refractivity contribution in [3.8, 4) is 0 Å². The normalized spacial score (nSPS) is 12.6. The van der Waals surface area contributed by atoms with Gasteiger partial charge in [0.15, 0.2) is 6.10 Å². The lowest BCUT2D eigenvalue weighted by Crippen LogP contribution is -2.30. The Labute approximate surface area is 503 Å². The Morgan fingerprint density at radius 1 is 0.259 bits per heavy atom. The number of rotatable bonds is 64. The smallest absolute Gasteiger partial charge is 0.306 e. The maximum atomic E-state index is 12.9. The summed E-state index contributed by atoms with van der Waals surface area (Å²) in [6.07, 6.45) is 91.7. The lowest BCUT2D eigenvalue weighted by molar-refractivity contribution is -0.167. The SMILES string of the molecule is CC/C=C\C/C=C\C/C=C\C/C=C\C/C=C\C/C=C\CCCCCCCCCCCCC(=O)OCC(COC(=O)CCCCCCC/C=C\CCCCCCCCC)OC(=O)CCCCCCCCCCCCCCCCCCCC. The zero-order valence-electron chi connectivity index (χ0n) is 53.8. The molecule has 0 heterocycles. The molecular weight excluding hydrogens is 997 g/mol. The van der Waals surface area contributed by atoms with Crippen LogP contribution < -0.4 is 0 Å². The average Bonchev–Trinajstić information content (AvgIpc) is 3.47. The summed E-state index contributed by atoms with van der Waals surface area (Å²) in [5.74, 6) is -0.869. The fourth-order valence-corrected chi connectivity index (χ4v) is 10.2. The Bertz CT molecular complexity index is 1530. The molecular formula is C75H132O6. The van der Waals surface area contributed by atoms with E-state index in [1.54, 1.807) is 0 Å². The molecule has 0 aliphatic heterocycles. The molecule has 1 unspecified atom stereocenters. The molecule has 0 N–H and O–H groups in total. The molecule has 81 heavy (non-hydrogen) atoms. The highest BCUT2D eigenvalue weighted by Crippen LogP contribution is 2.17. The van der Waals surface area contributed by atoms with Gasteiger partial charge in [-0.1, -0.05) is 324 Å². The van der Waals surface area contributed by atoms with Gasteiger partial charge in [-0.2, -0.15) is 0 Å². The van der Waals surface area contributed by atoms with Crippen LogP contribution in [0.1, 0.15) is 355 Å². The Morgan fingerprint density at radius 2 is 0.481 bits per heavy atom. The largest absolute Gasteiger partial charge is 0.462 e. The van der Waals surface area contributed by atoms with Crippen molar-refractivity contribution in [2.75, 3.05) is 13.2 Å². The standard InChI is InChI=1S/C75H132O6/c1-4-7-10-13-16-19-22-25-28-31-33-34-35-36-37-38-39-40-41-42-43-45-47-50-53-56-59-62-65-68-74(77)80-71-72(70-79-73(76)67-64-61-58-55-52-49-46-30-27-24-21-18-15-12-9-6-3)81-75(78)69-66-63-60-57-54-51-48-44-32-29-26-23-20-17-14-11-8-5-2/h7,10,16,19,25,28,30,33-34,36-37,39-40,46,72H,4-6,8-9,11-15,17-18,20-24,26-27,29,31-32,35,38,41-45,47-71H2,1-3H3/b10-7-,19-16-,28-25-,34-33-,37-36-,40-39-,46-30-. The molecule has 0 aliphatic carbocycles. The lowest BCUT2D eigenvalue weighted by atomic mass is 10.0. The van der Waals surface area contributed by atoms with Crippen molar-refractivity contribution in [3.05, 3.63) is 85.1 Å². The summed E-state index contributed by atoms with van der Waals surface area (Å²) in [5.41, 5.74) is 0. The van der Waals surface area contributed by atoms with Gasteiger partial charge in [-0.05, 0) is 96.3 Å². The van der Waals surface area contributed by atoms with Gasteiger partial charge < -0.3 is 14.2 Å². The van der Waals surface area contributed by atoms with E-state index in [2.05, 4.69) is 106 Å². The zero-order chi connectivity index (χ0) is 58.5. The Balaban J connectivity index is 4.31. The lowest BCUT2D eigenvalue weighted by Gasteiger charge is -2.18. The highest BCUT2D eigenvalue weighted by atomic mass is 16.6. The van der Waals surface area contributed by atoms with Crippen molar-refractivity contribution in [3.63, 3.8) is 0 Å². The maximum Gasteiger partial charge on any atom is 0.306 e. The number of carbonyl (C=O) groups excluding carboxylic acids is 3. The number of esters is 3. The first kappa shape index (κ1) is 77.6. The van der Waals surface area contributed by atoms with Crippen LogP contribution in [-0.4, -0.2) is 37.2 Å². The molecule has 0 aromatic rings. The van der Waals surface area contributed by atoms with E-state index in [4.69, 9.17) is 14.2 Å². The number of unbranched alkanes of at least 4 members (excludes halogenated alkanes) is 39. The van der Waals surface area contributed by atoms with E-state index in [0.717, 1.165) is 103 Å². The first-order valence-electron chi connectivity index (χ1n) is 35.1. The van der Waals surface area contributed by atoms with Crippen LogP contribution in [0.2, 0.25) is 0 Å². The van der Waals surface area contributed by atoms with Gasteiger partial charge in [0.2, 0.25) is 0 Å². The van der Waals surface area contributed by atoms with Crippen LogP contribution in [0.15, 0.2) is 85.1 Å². The zero-order valence-corrected chi connectivity index (χ0v) is 53.8. The van der Waals surface area contributed by atoms with E-state index in [1.807, 2.05) is 0 Å². The van der Waals surface area contributed by atoms with Crippen molar-refractivity contribution in [2.24, 2.45) is 0 Å². The van der Waals surface area contributed by atoms with Crippen LogP contribution in [0, 0.1) is 0 Å². The van der Waals surface area contributed by atoms with Crippen LogP contribution in [-0.2, 0) is 28.6 Å². The molecule has 0 aromatic heterocycles. The minimum atomic E-state index is -0.781. The van der Waals surface area contributed by atoms with Crippen molar-refractivity contribution < 1.29 is 28.6 Å². The Hall–Kier alpha value is -3.41. The van der Waals surface area contributed by atoms with Gasteiger partial charge in [-0.25, -0.2) is 0 Å². The van der Waals surface area contributed by atoms with E-state index < -0.39 is 6.10 Å². The third-order valence-electron chi connectivity index (χ3n) is 15.4. The summed E-state index contributed by atoms with van der Waals surface area (Å²) in [6.45, 7) is 6.57. The summed E-state index contributed by atoms with van der Waals surface area (Å²) in [7, 11) is 0. The molecule has 6 heteroatoms. The molecule has 0 rings (SSSR count). The molecule has 6 nitrogen and oxygen atoms in total. The predicted octanol–water partition coefficient (Wildman–Crippen LogP) is 24.2. The van der Waals surface area contributed by atoms with E-state index in [-0.39, 0.29) is 31.1 Å². The minimum Gasteiger partial charge on any atom is -0.462 e. The number of carbonyl (C=O) groups is 3. The molecule has 468 valence electrons. The molecule has 0 fully saturated rings. The second-order valence-electron chi connectivity index (χ2n) is 23.4. The van der Waals surface area contributed by atoms with Crippen LogP contribution >= 0.6 is 0 Å². The van der Waals surface area contributed by atoms with Crippen LogP contribution in [0.3, 0.4) is 0 Å². The molecule has 0 bridgehead atoms. The highest BCUT2D eigenvalue weighted by molar-refractivity contribution is 5.71. The van der Waals surface area contributed by atoms with Crippen molar-refractivity contribution >= 4 is 17.9 Å². The number of allylic oxidation sites excluding steroid dienone is 14. The van der Waals surface area contributed by atoms with E-state index in [9.17, 15) is 14.4 Å². The van der Waals surface area contributed by atoms with Gasteiger partial charge in [0.25, 0.3) is 0 Å². The minimum absolute atomic E-state index is 0.0775. The molecule has 0 amide bonds. The van der Waals surface area contributed by atoms with E-state index in [1.165, 1.54) is 212 Å². The quantitative estimate of drug-likeness (QED) is 0.0261. The van der Waals surface area contributed by atoms with Crippen LogP contribution in [0.4, 0.5) is 0 Å². The van der Waals surface area contributed by atoms with Crippen molar-refractivity contribution in [2.45, 2.75) is 361 Å². The summed E-state index contributed by atoms with van der Waals surface area (Å²) in [4.78, 5) is 38.4. The van der Waals surface area contributed by atoms with Gasteiger partial charge in [0.05, 0.1) is 0 Å². The predicted molar refractivity (Wildman–Crippen MR) is 353 cm³/mol. The second-order valence-corrected chi connectivity index (χ2v) is 23.4. The number of hydrogen-bond donors (Lipinski definition) is 0. The van der Waals surface area contributed by atoms with Crippen LogP contribution in [0.5, 0.6) is 0 Å². The molecule has 0 aliphatic rings. The summed E-state index contributed by atoms with van der Waals surface area (Å²) < 4.78 is 17.0. The molecule has 0 saturated heterocycles. The van der Waals surface area contributed by atoms with Crippen molar-refractivity contribution in [1.29, 1.82) is 0 Å². The highest BCUT2D eigenvalue weighted by Gasteiger charge is 2.19. The fraction of sp³-hybridized carbons (Fsp3) is 0.773. The average molecular weight is 1130 g/mol. The van der Waals surface area contributed by atoms with Gasteiger partial charge >= 0.3 is 17.9 Å². The summed E-state index contributed by atoms with van der Waals surface area (Å²) >= 11 is 0. The van der Waals surface area contributed by atoms with Gasteiger partial charge in [0, 0.05) is 19.3 Å². The molecule has 0 spiro atoms. The van der Waals surface area contributed by atoms with Gasteiger partial charge in [-0.3, -0.25) is 14.4 Å². The summed E-state index contributed by atoms with van der Waals surface area (Å²) in [6, 6.07) is 0. The van der Waals surface area contributed by atoms with E-state index in [0.29, 0.717) is 19.3 Å². The molecule has 0 aromatic carbocycles. The topological polar surface area (TPSA) is 78.9 Å². The van der Waals surface area contributed by atoms with Gasteiger partial charge in [0.1, 0.15) is 13.2 Å². The Kier molecular flexibility index (Phi) is 66.2. The summed E-state index contributed by atoms with van der Waals surface area (Å²) in [5, 5.41) is 0. The third-order valence-corrected chi connectivity index (χ3v) is 15.4. The van der Waals surface area contributed by atoms with Crippen LogP contribution in [0.25, 0.3) is 0 Å².